The van der Waals surface area contributed by atoms with Gasteiger partial charge in [-0.05, 0) is 37.0 Å². The van der Waals surface area contributed by atoms with Crippen molar-refractivity contribution in [1.29, 1.82) is 0 Å². The molecule has 1 N–H and O–H groups in total. The molecule has 0 fully saturated rings. The third-order valence-electron chi connectivity index (χ3n) is 2.36. The largest absolute Gasteiger partial charge is 0.289 e. The molecule has 0 aliphatic heterocycles. The fourth-order valence-electron chi connectivity index (χ4n) is 1.61. The molecule has 3 nitrogen and oxygen atoms in total. The summed E-state index contributed by atoms with van der Waals surface area (Å²) in [6, 6.07) is 8.30. The average Bonchev–Trinajstić information content (AvgIpc) is 2.23. The van der Waals surface area contributed by atoms with E-state index in [2.05, 4.69) is 33.5 Å². The van der Waals surface area contributed by atoms with Crippen molar-refractivity contribution >= 4 is 21.8 Å². The highest BCUT2D eigenvalue weighted by atomic mass is 79.9. The number of hydrazine groups is 1. The van der Waals surface area contributed by atoms with Crippen molar-refractivity contribution in [3.8, 4) is 0 Å². The quantitative estimate of drug-likeness (QED) is 0.647. The number of nitrogens with one attached hydrogen (secondary N) is 1. The molecule has 0 heterocycles. The molecule has 17 heavy (non-hydrogen) atoms. The molecule has 0 saturated carbocycles. The van der Waals surface area contributed by atoms with Crippen LogP contribution in [0.4, 0.5) is 0 Å². The molecular formula is C13H19BrN2O. The van der Waals surface area contributed by atoms with Gasteiger partial charge in [0.25, 0.3) is 0 Å². The fraction of sp³-hybridized carbons (Fsp3) is 0.462. The zero-order valence-corrected chi connectivity index (χ0v) is 12.0. The van der Waals surface area contributed by atoms with Crippen LogP contribution in [0.5, 0.6) is 0 Å². The van der Waals surface area contributed by atoms with Gasteiger partial charge < -0.3 is 0 Å². The van der Waals surface area contributed by atoms with E-state index in [1.165, 1.54) is 5.56 Å². The van der Waals surface area contributed by atoms with Crippen molar-refractivity contribution in [3.63, 3.8) is 0 Å². The molecule has 0 atom stereocenters. The van der Waals surface area contributed by atoms with E-state index in [9.17, 15) is 4.79 Å². The summed E-state index contributed by atoms with van der Waals surface area (Å²) in [4.78, 5) is 11.4. The number of hydrogen-bond acceptors (Lipinski definition) is 2. The van der Waals surface area contributed by atoms with Gasteiger partial charge >= 0.3 is 0 Å². The van der Waals surface area contributed by atoms with Gasteiger partial charge in [-0.15, -0.1) is 0 Å². The molecule has 0 saturated heterocycles. The molecule has 0 radical (unpaired) electrons. The highest BCUT2D eigenvalue weighted by Crippen LogP contribution is 2.13. The SMILES string of the molecule is CN(C)NC(=O)CCCCc1cccc(Br)c1. The number of amides is 1. The molecule has 0 aliphatic carbocycles. The van der Waals surface area contributed by atoms with Crippen LogP contribution < -0.4 is 5.43 Å². The summed E-state index contributed by atoms with van der Waals surface area (Å²) in [5.41, 5.74) is 4.05. The van der Waals surface area contributed by atoms with E-state index in [1.54, 1.807) is 5.01 Å². The minimum absolute atomic E-state index is 0.0873. The number of carbonyl (C=O) groups excluding carboxylic acids is 1. The highest BCUT2D eigenvalue weighted by molar-refractivity contribution is 9.10. The van der Waals surface area contributed by atoms with Crippen LogP contribution in [-0.2, 0) is 11.2 Å². The Morgan fingerprint density at radius 1 is 1.35 bits per heavy atom. The first kappa shape index (κ1) is 14.2. The standard InChI is InChI=1S/C13H19BrN2O/c1-16(2)15-13(17)9-4-3-6-11-7-5-8-12(14)10-11/h5,7-8,10H,3-4,6,9H2,1-2H3,(H,15,17). The normalized spacial score (nSPS) is 10.6. The first-order valence-corrected chi connectivity index (χ1v) is 6.58. The Hall–Kier alpha value is -0.870. The van der Waals surface area contributed by atoms with Crippen molar-refractivity contribution in [1.82, 2.24) is 10.4 Å². The Kier molecular flexibility index (Phi) is 6.22. The molecule has 0 aromatic heterocycles. The number of carbonyl (C=O) groups is 1. The minimum atomic E-state index is 0.0873. The van der Waals surface area contributed by atoms with Gasteiger partial charge in [0.1, 0.15) is 0 Å². The van der Waals surface area contributed by atoms with Gasteiger partial charge in [0, 0.05) is 25.0 Å². The summed E-state index contributed by atoms with van der Waals surface area (Å²) < 4.78 is 1.11. The van der Waals surface area contributed by atoms with Crippen LogP contribution in [0.25, 0.3) is 0 Å². The number of halogens is 1. The second-order valence-corrected chi connectivity index (χ2v) is 5.18. The van der Waals surface area contributed by atoms with Gasteiger partial charge in [0.15, 0.2) is 0 Å². The van der Waals surface area contributed by atoms with Gasteiger partial charge in [-0.25, -0.2) is 5.01 Å². The van der Waals surface area contributed by atoms with E-state index in [0.717, 1.165) is 23.7 Å². The van der Waals surface area contributed by atoms with E-state index >= 15 is 0 Å². The molecule has 1 aromatic rings. The van der Waals surface area contributed by atoms with Crippen LogP contribution in [0.1, 0.15) is 24.8 Å². The van der Waals surface area contributed by atoms with Gasteiger partial charge in [0.05, 0.1) is 0 Å². The fourth-order valence-corrected chi connectivity index (χ4v) is 2.06. The van der Waals surface area contributed by atoms with Gasteiger partial charge in [-0.2, -0.15) is 0 Å². The highest BCUT2D eigenvalue weighted by Gasteiger charge is 2.01. The monoisotopic (exact) mass is 298 g/mol. The molecule has 0 spiro atoms. The topological polar surface area (TPSA) is 32.3 Å². The molecule has 1 rings (SSSR count). The molecule has 0 unspecified atom stereocenters. The number of rotatable bonds is 6. The molecular weight excluding hydrogens is 280 g/mol. The van der Waals surface area contributed by atoms with E-state index in [-0.39, 0.29) is 5.91 Å². The lowest BCUT2D eigenvalue weighted by Crippen LogP contribution is -2.35. The Morgan fingerprint density at radius 2 is 2.12 bits per heavy atom. The summed E-state index contributed by atoms with van der Waals surface area (Å²) in [6.07, 6.45) is 3.57. The van der Waals surface area contributed by atoms with E-state index in [0.29, 0.717) is 6.42 Å². The maximum absolute atomic E-state index is 11.4. The first-order valence-electron chi connectivity index (χ1n) is 5.79. The summed E-state index contributed by atoms with van der Waals surface area (Å²) in [5.74, 6) is 0.0873. The maximum Gasteiger partial charge on any atom is 0.234 e. The van der Waals surface area contributed by atoms with E-state index < -0.39 is 0 Å². The number of unbranched alkanes of at least 4 members (excludes halogenated alkanes) is 1. The molecule has 1 amide bonds. The van der Waals surface area contributed by atoms with Crippen molar-refractivity contribution in [2.45, 2.75) is 25.7 Å². The van der Waals surface area contributed by atoms with Gasteiger partial charge in [0.2, 0.25) is 5.91 Å². The Labute approximate surface area is 111 Å². The van der Waals surface area contributed by atoms with Crippen LogP contribution in [-0.4, -0.2) is 25.0 Å². The lowest BCUT2D eigenvalue weighted by Gasteiger charge is -2.11. The number of hydrogen-bond donors (Lipinski definition) is 1. The predicted octanol–water partition coefficient (Wildman–Crippen LogP) is 2.75. The summed E-state index contributed by atoms with van der Waals surface area (Å²) in [6.45, 7) is 0. The zero-order valence-electron chi connectivity index (χ0n) is 10.4. The van der Waals surface area contributed by atoms with Crippen LogP contribution in [0.15, 0.2) is 28.7 Å². The average molecular weight is 299 g/mol. The van der Waals surface area contributed by atoms with Gasteiger partial charge in [-0.1, -0.05) is 28.1 Å². The van der Waals surface area contributed by atoms with E-state index in [1.807, 2.05) is 26.2 Å². The molecule has 0 aliphatic rings. The van der Waals surface area contributed by atoms with Crippen molar-refractivity contribution in [2.24, 2.45) is 0 Å². The number of benzene rings is 1. The van der Waals surface area contributed by atoms with Crippen molar-refractivity contribution in [3.05, 3.63) is 34.3 Å². The Balaban J connectivity index is 2.18. The Bertz CT molecular complexity index is 366. The van der Waals surface area contributed by atoms with Crippen LogP contribution >= 0.6 is 15.9 Å². The Morgan fingerprint density at radius 3 is 2.76 bits per heavy atom. The molecule has 94 valence electrons. The number of nitrogens with zero attached hydrogens (tertiary/aromatic N) is 1. The summed E-state index contributed by atoms with van der Waals surface area (Å²) in [7, 11) is 3.64. The van der Waals surface area contributed by atoms with Crippen molar-refractivity contribution < 1.29 is 4.79 Å². The molecule has 4 heteroatoms. The molecule has 1 aromatic carbocycles. The lowest BCUT2D eigenvalue weighted by atomic mass is 10.1. The van der Waals surface area contributed by atoms with Crippen LogP contribution in [0, 0.1) is 0 Å². The van der Waals surface area contributed by atoms with Crippen LogP contribution in [0.3, 0.4) is 0 Å². The first-order chi connectivity index (χ1) is 8.08. The third-order valence-corrected chi connectivity index (χ3v) is 2.85. The summed E-state index contributed by atoms with van der Waals surface area (Å²) in [5, 5.41) is 1.68. The number of aryl methyl sites for hydroxylation is 1. The third kappa shape index (κ3) is 6.44. The predicted molar refractivity (Wildman–Crippen MR) is 73.5 cm³/mol. The smallest absolute Gasteiger partial charge is 0.234 e. The maximum atomic E-state index is 11.4. The van der Waals surface area contributed by atoms with Crippen molar-refractivity contribution in [2.75, 3.05) is 14.1 Å². The minimum Gasteiger partial charge on any atom is -0.289 e. The second kappa shape index (κ2) is 7.45. The molecule has 0 bridgehead atoms. The van der Waals surface area contributed by atoms with E-state index in [4.69, 9.17) is 0 Å². The van der Waals surface area contributed by atoms with Gasteiger partial charge in [-0.3, -0.25) is 10.2 Å². The summed E-state index contributed by atoms with van der Waals surface area (Å²) >= 11 is 3.45. The lowest BCUT2D eigenvalue weighted by molar-refractivity contribution is -0.124. The zero-order chi connectivity index (χ0) is 12.7. The second-order valence-electron chi connectivity index (χ2n) is 4.27. The van der Waals surface area contributed by atoms with Crippen LogP contribution in [0.2, 0.25) is 0 Å².